The molecule has 0 fully saturated rings. The fourth-order valence-electron chi connectivity index (χ4n) is 2.59. The summed E-state index contributed by atoms with van der Waals surface area (Å²) in [7, 11) is 0. The van der Waals surface area contributed by atoms with Crippen LogP contribution in [0, 0.1) is 6.92 Å². The van der Waals surface area contributed by atoms with Gasteiger partial charge in [-0.15, -0.1) is 0 Å². The van der Waals surface area contributed by atoms with Gasteiger partial charge in [-0.3, -0.25) is 0 Å². The molecule has 114 valence electrons. The molecule has 0 saturated heterocycles. The molecular formula is C18H32N2. The van der Waals surface area contributed by atoms with E-state index in [2.05, 4.69) is 62.2 Å². The highest BCUT2D eigenvalue weighted by Gasteiger charge is 2.15. The summed E-state index contributed by atoms with van der Waals surface area (Å²) >= 11 is 0. The minimum atomic E-state index is 0.452. The van der Waals surface area contributed by atoms with E-state index in [1.54, 1.807) is 0 Å². The van der Waals surface area contributed by atoms with E-state index in [1.807, 2.05) is 0 Å². The summed E-state index contributed by atoms with van der Waals surface area (Å²) in [6.07, 6.45) is 3.75. The van der Waals surface area contributed by atoms with Crippen molar-refractivity contribution < 1.29 is 0 Å². The largest absolute Gasteiger partial charge is 0.309 e. The maximum atomic E-state index is 3.73. The second kappa shape index (κ2) is 9.95. The maximum absolute atomic E-state index is 3.73. The summed E-state index contributed by atoms with van der Waals surface area (Å²) in [5, 5.41) is 3.73. The van der Waals surface area contributed by atoms with Gasteiger partial charge in [0.25, 0.3) is 0 Å². The van der Waals surface area contributed by atoms with Gasteiger partial charge in [-0.2, -0.15) is 0 Å². The average Bonchev–Trinajstić information content (AvgIpc) is 2.47. The number of benzene rings is 1. The molecule has 0 radical (unpaired) electrons. The number of rotatable bonds is 10. The Morgan fingerprint density at radius 3 is 2.45 bits per heavy atom. The van der Waals surface area contributed by atoms with Gasteiger partial charge in [-0.1, -0.05) is 51.5 Å². The Kier molecular flexibility index (Phi) is 8.56. The van der Waals surface area contributed by atoms with Gasteiger partial charge >= 0.3 is 0 Å². The van der Waals surface area contributed by atoms with Gasteiger partial charge in [0.05, 0.1) is 0 Å². The molecule has 20 heavy (non-hydrogen) atoms. The highest BCUT2D eigenvalue weighted by molar-refractivity contribution is 5.29. The Morgan fingerprint density at radius 1 is 1.10 bits per heavy atom. The monoisotopic (exact) mass is 276 g/mol. The SMILES string of the molecule is CCCCN(CC)CC(NCCC)c1ccccc1C. The Hall–Kier alpha value is -0.860. The third-order valence-electron chi connectivity index (χ3n) is 3.92. The number of nitrogens with one attached hydrogen (secondary N) is 1. The zero-order valence-electron chi connectivity index (χ0n) is 13.8. The van der Waals surface area contributed by atoms with Gasteiger partial charge in [0.1, 0.15) is 0 Å². The summed E-state index contributed by atoms with van der Waals surface area (Å²) < 4.78 is 0. The standard InChI is InChI=1S/C18H32N2/c1-5-8-14-20(7-3)15-18(19-13-6-2)17-12-10-9-11-16(17)4/h9-12,18-19H,5-8,13-15H2,1-4H3. The lowest BCUT2D eigenvalue weighted by molar-refractivity contribution is 0.250. The van der Waals surface area contributed by atoms with Crippen LogP contribution in [0.1, 0.15) is 57.2 Å². The summed E-state index contributed by atoms with van der Waals surface area (Å²) in [6, 6.07) is 9.23. The maximum Gasteiger partial charge on any atom is 0.0451 e. The fourth-order valence-corrected chi connectivity index (χ4v) is 2.59. The number of aryl methyl sites for hydroxylation is 1. The van der Waals surface area contributed by atoms with Crippen molar-refractivity contribution in [1.29, 1.82) is 0 Å². The lowest BCUT2D eigenvalue weighted by Gasteiger charge is -2.28. The first-order valence-electron chi connectivity index (χ1n) is 8.24. The molecule has 1 aromatic rings. The highest BCUT2D eigenvalue weighted by atomic mass is 15.1. The number of nitrogens with zero attached hydrogens (tertiary/aromatic N) is 1. The smallest absolute Gasteiger partial charge is 0.0451 e. The van der Waals surface area contributed by atoms with E-state index >= 15 is 0 Å². The van der Waals surface area contributed by atoms with Crippen LogP contribution < -0.4 is 5.32 Å². The second-order valence-corrected chi connectivity index (χ2v) is 5.61. The van der Waals surface area contributed by atoms with Crippen molar-refractivity contribution in [2.24, 2.45) is 0 Å². The number of likely N-dealkylation sites (N-methyl/N-ethyl adjacent to an activating group) is 1. The van der Waals surface area contributed by atoms with Crippen molar-refractivity contribution >= 4 is 0 Å². The molecule has 0 saturated carbocycles. The molecule has 0 heterocycles. The molecular weight excluding hydrogens is 244 g/mol. The van der Waals surface area contributed by atoms with Gasteiger partial charge in [0.15, 0.2) is 0 Å². The molecule has 0 aromatic heterocycles. The van der Waals surface area contributed by atoms with Crippen LogP contribution in [-0.2, 0) is 0 Å². The zero-order chi connectivity index (χ0) is 14.8. The normalized spacial score (nSPS) is 12.8. The third-order valence-corrected chi connectivity index (χ3v) is 3.92. The van der Waals surface area contributed by atoms with E-state index in [9.17, 15) is 0 Å². The number of hydrogen-bond acceptors (Lipinski definition) is 2. The minimum absolute atomic E-state index is 0.452. The van der Waals surface area contributed by atoms with E-state index in [-0.39, 0.29) is 0 Å². The summed E-state index contributed by atoms with van der Waals surface area (Å²) in [4.78, 5) is 2.57. The van der Waals surface area contributed by atoms with Crippen LogP contribution in [0.2, 0.25) is 0 Å². The molecule has 0 aliphatic rings. The molecule has 0 aliphatic heterocycles. The Morgan fingerprint density at radius 2 is 1.85 bits per heavy atom. The van der Waals surface area contributed by atoms with Crippen molar-refractivity contribution in [1.82, 2.24) is 10.2 Å². The van der Waals surface area contributed by atoms with Gasteiger partial charge in [-0.25, -0.2) is 0 Å². The van der Waals surface area contributed by atoms with Crippen molar-refractivity contribution in [3.05, 3.63) is 35.4 Å². The fraction of sp³-hybridized carbons (Fsp3) is 0.667. The highest BCUT2D eigenvalue weighted by Crippen LogP contribution is 2.19. The first-order valence-corrected chi connectivity index (χ1v) is 8.24. The topological polar surface area (TPSA) is 15.3 Å². The van der Waals surface area contributed by atoms with E-state index in [1.165, 1.54) is 36.9 Å². The molecule has 1 aromatic carbocycles. The van der Waals surface area contributed by atoms with E-state index in [4.69, 9.17) is 0 Å². The van der Waals surface area contributed by atoms with Crippen LogP contribution in [0.3, 0.4) is 0 Å². The van der Waals surface area contributed by atoms with Crippen LogP contribution in [0.5, 0.6) is 0 Å². The van der Waals surface area contributed by atoms with Gasteiger partial charge in [-0.05, 0) is 50.5 Å². The molecule has 1 atom stereocenters. The summed E-state index contributed by atoms with van der Waals surface area (Å²) in [5.41, 5.74) is 2.85. The lowest BCUT2D eigenvalue weighted by atomic mass is 10.0. The van der Waals surface area contributed by atoms with Crippen LogP contribution in [0.4, 0.5) is 0 Å². The van der Waals surface area contributed by atoms with E-state index in [0.717, 1.165) is 19.6 Å². The van der Waals surface area contributed by atoms with E-state index in [0.29, 0.717) is 6.04 Å². The molecule has 1 N–H and O–H groups in total. The van der Waals surface area contributed by atoms with Crippen LogP contribution in [0.15, 0.2) is 24.3 Å². The summed E-state index contributed by atoms with van der Waals surface area (Å²) in [6.45, 7) is 13.5. The van der Waals surface area contributed by atoms with Crippen LogP contribution in [0.25, 0.3) is 0 Å². The predicted octanol–water partition coefficient (Wildman–Crippen LogP) is 4.16. The molecule has 1 rings (SSSR count). The Labute approximate surface area is 125 Å². The molecule has 2 heteroatoms. The van der Waals surface area contributed by atoms with Crippen molar-refractivity contribution in [2.75, 3.05) is 26.2 Å². The van der Waals surface area contributed by atoms with Crippen LogP contribution >= 0.6 is 0 Å². The first-order chi connectivity index (χ1) is 9.72. The van der Waals surface area contributed by atoms with Crippen LogP contribution in [-0.4, -0.2) is 31.1 Å². The van der Waals surface area contributed by atoms with Gasteiger partial charge in [0, 0.05) is 12.6 Å². The molecule has 2 nitrogen and oxygen atoms in total. The number of unbranched alkanes of at least 4 members (excludes halogenated alkanes) is 1. The minimum Gasteiger partial charge on any atom is -0.309 e. The summed E-state index contributed by atoms with van der Waals surface area (Å²) in [5.74, 6) is 0. The lowest BCUT2D eigenvalue weighted by Crippen LogP contribution is -2.36. The Bertz CT molecular complexity index is 362. The quantitative estimate of drug-likeness (QED) is 0.690. The average molecular weight is 276 g/mol. The van der Waals surface area contributed by atoms with Gasteiger partial charge < -0.3 is 10.2 Å². The second-order valence-electron chi connectivity index (χ2n) is 5.61. The van der Waals surface area contributed by atoms with Gasteiger partial charge in [0.2, 0.25) is 0 Å². The number of hydrogen-bond donors (Lipinski definition) is 1. The predicted molar refractivity (Wildman–Crippen MR) is 89.2 cm³/mol. The van der Waals surface area contributed by atoms with E-state index < -0.39 is 0 Å². The van der Waals surface area contributed by atoms with Crippen molar-refractivity contribution in [3.8, 4) is 0 Å². The zero-order valence-corrected chi connectivity index (χ0v) is 13.8. The Balaban J connectivity index is 2.75. The molecule has 0 bridgehead atoms. The molecule has 0 amide bonds. The van der Waals surface area contributed by atoms with Crippen molar-refractivity contribution in [3.63, 3.8) is 0 Å². The van der Waals surface area contributed by atoms with Crippen molar-refractivity contribution in [2.45, 2.75) is 53.0 Å². The molecule has 1 unspecified atom stereocenters. The third kappa shape index (κ3) is 5.64. The first kappa shape index (κ1) is 17.2. The molecule has 0 aliphatic carbocycles. The molecule has 0 spiro atoms.